The number of thiophene rings is 1. The van der Waals surface area contributed by atoms with Crippen LogP contribution in [0.1, 0.15) is 60.8 Å². The number of rotatable bonds is 6. The van der Waals surface area contributed by atoms with Crippen LogP contribution >= 0.6 is 11.3 Å². The highest BCUT2D eigenvalue weighted by Gasteiger charge is 2.42. The van der Waals surface area contributed by atoms with E-state index in [-0.39, 0.29) is 25.2 Å². The number of nitrogen functional groups attached to an aromatic ring is 1. The predicted octanol–water partition coefficient (Wildman–Crippen LogP) is 5.74. The lowest BCUT2D eigenvalue weighted by molar-refractivity contribution is -0.141. The maximum absolute atomic E-state index is 14.0. The van der Waals surface area contributed by atoms with E-state index in [0.29, 0.717) is 56.4 Å². The molecule has 3 saturated heterocycles. The van der Waals surface area contributed by atoms with Crippen LogP contribution < -0.4 is 21.7 Å². The molecule has 17 heteroatoms. The average molecular weight is 730 g/mol. The van der Waals surface area contributed by atoms with E-state index in [1.54, 1.807) is 9.80 Å². The van der Waals surface area contributed by atoms with Gasteiger partial charge in [0.25, 0.3) is 0 Å². The van der Waals surface area contributed by atoms with Crippen molar-refractivity contribution in [2.75, 3.05) is 50.3 Å². The average Bonchev–Trinajstić information content (AvgIpc) is 3.54. The number of piperidine rings is 3. The van der Waals surface area contributed by atoms with Gasteiger partial charge < -0.3 is 31.1 Å². The molecule has 1 aromatic carbocycles. The zero-order valence-corrected chi connectivity index (χ0v) is 28.2. The number of carbonyl (C=O) groups is 3. The lowest BCUT2D eigenvalue weighted by atomic mass is 9.79. The van der Waals surface area contributed by atoms with Crippen molar-refractivity contribution in [3.8, 4) is 0 Å². The van der Waals surface area contributed by atoms with Crippen LogP contribution in [0.5, 0.6) is 0 Å². The zero-order chi connectivity index (χ0) is 35.8. The van der Waals surface area contributed by atoms with Crippen LogP contribution in [0.3, 0.4) is 0 Å². The molecule has 1 aromatic heterocycles. The molecule has 0 radical (unpaired) electrons. The van der Waals surface area contributed by atoms with E-state index in [2.05, 4.69) is 16.0 Å². The third kappa shape index (κ3) is 7.92. The summed E-state index contributed by atoms with van der Waals surface area (Å²) >= 11 is 1.44. The van der Waals surface area contributed by atoms with Gasteiger partial charge in [0.05, 0.1) is 23.4 Å². The summed E-state index contributed by atoms with van der Waals surface area (Å²) in [7, 11) is 0. The topological polar surface area (TPSA) is 123 Å². The number of halogens is 6. The monoisotopic (exact) mass is 729 g/mol. The number of amides is 5. The second-order valence-electron chi connectivity index (χ2n) is 13.6. The molecule has 0 bridgehead atoms. The normalized spacial score (nSPS) is 20.8. The van der Waals surface area contributed by atoms with Crippen molar-refractivity contribution >= 4 is 40.0 Å². The van der Waals surface area contributed by atoms with E-state index in [4.69, 9.17) is 5.73 Å². The molecule has 6 rings (SSSR count). The molecule has 0 saturated carbocycles. The Kier molecular flexibility index (Phi) is 10.4. The molecule has 5 amide bonds. The van der Waals surface area contributed by atoms with E-state index in [1.807, 2.05) is 11.4 Å². The van der Waals surface area contributed by atoms with Crippen molar-refractivity contribution in [2.24, 2.45) is 11.8 Å². The number of hydrogen-bond donors (Lipinski definition) is 4. The highest BCUT2D eigenvalue weighted by Crippen LogP contribution is 2.42. The molecule has 2 aromatic rings. The first-order valence-corrected chi connectivity index (χ1v) is 17.8. The predicted molar refractivity (Wildman–Crippen MR) is 175 cm³/mol. The Labute approximate surface area is 289 Å². The molecule has 1 atom stereocenters. The van der Waals surface area contributed by atoms with Crippen molar-refractivity contribution in [3.63, 3.8) is 0 Å². The standard InChI is InChI=1S/C33H41F6N7O3S/c34-32(35,36)24-15-19(16-25(27(24)40)33(37,38)39)17-26(29(47)44-10-3-21(4-11-44)20-1-8-41-9-2-20)42-30(48)45-12-5-23(6-13-45)46-18-22-7-14-50-28(22)43-31(46)49/h7,14-16,20-21,23,26,41H,1-6,8-13,17-18,40H2,(H,42,48)(H,43,49)/t26-/m1/s1. The van der Waals surface area contributed by atoms with Crippen molar-refractivity contribution in [1.29, 1.82) is 0 Å². The fourth-order valence-electron chi connectivity index (χ4n) is 7.77. The molecule has 274 valence electrons. The Morgan fingerprint density at radius 2 is 1.48 bits per heavy atom. The number of carbonyl (C=O) groups excluding carboxylic acids is 3. The van der Waals surface area contributed by atoms with E-state index in [9.17, 15) is 40.7 Å². The van der Waals surface area contributed by atoms with Gasteiger partial charge in [-0.1, -0.05) is 0 Å². The zero-order valence-electron chi connectivity index (χ0n) is 27.3. The maximum atomic E-state index is 14.0. The summed E-state index contributed by atoms with van der Waals surface area (Å²) in [6, 6.07) is 0.532. The van der Waals surface area contributed by atoms with E-state index >= 15 is 0 Å². The molecule has 0 aliphatic carbocycles. The first-order chi connectivity index (χ1) is 23.7. The fraction of sp³-hybridized carbons (Fsp3) is 0.606. The molecular weight excluding hydrogens is 688 g/mol. The molecule has 5 heterocycles. The van der Waals surface area contributed by atoms with Crippen LogP contribution in [0, 0.1) is 11.8 Å². The smallest absolute Gasteiger partial charge is 0.398 e. The van der Waals surface area contributed by atoms with Crippen molar-refractivity contribution < 1.29 is 40.7 Å². The number of benzene rings is 1. The molecule has 0 unspecified atom stereocenters. The summed E-state index contributed by atoms with van der Waals surface area (Å²) in [6.45, 7) is 3.51. The third-order valence-electron chi connectivity index (χ3n) is 10.5. The van der Waals surface area contributed by atoms with E-state index in [0.717, 1.165) is 49.3 Å². The number of anilines is 2. The minimum Gasteiger partial charge on any atom is -0.398 e. The lowest BCUT2D eigenvalue weighted by Gasteiger charge is -2.41. The summed E-state index contributed by atoms with van der Waals surface area (Å²) in [5.41, 5.74) is 1.18. The quantitative estimate of drug-likeness (QED) is 0.223. The number of alkyl halides is 6. The minimum atomic E-state index is -5.18. The van der Waals surface area contributed by atoms with Gasteiger partial charge in [-0.2, -0.15) is 26.3 Å². The lowest BCUT2D eigenvalue weighted by Crippen LogP contribution is -2.57. The van der Waals surface area contributed by atoms with Crippen LogP contribution in [0.2, 0.25) is 0 Å². The van der Waals surface area contributed by atoms with Gasteiger partial charge in [-0.05, 0) is 92.6 Å². The van der Waals surface area contributed by atoms with Gasteiger partial charge in [0.1, 0.15) is 11.0 Å². The highest BCUT2D eigenvalue weighted by molar-refractivity contribution is 7.14. The number of nitrogens with zero attached hydrogens (tertiary/aromatic N) is 3. The number of nitrogens with two attached hydrogens (primary N) is 1. The largest absolute Gasteiger partial charge is 0.418 e. The first kappa shape index (κ1) is 36.1. The molecule has 10 nitrogen and oxygen atoms in total. The summed E-state index contributed by atoms with van der Waals surface area (Å²) in [6.07, 6.45) is -6.55. The molecule has 4 aliphatic rings. The minimum absolute atomic E-state index is 0.151. The molecule has 4 aliphatic heterocycles. The summed E-state index contributed by atoms with van der Waals surface area (Å²) < 4.78 is 83.1. The fourth-order valence-corrected chi connectivity index (χ4v) is 8.57. The van der Waals surface area contributed by atoms with Gasteiger partial charge in [-0.3, -0.25) is 10.1 Å². The molecule has 5 N–H and O–H groups in total. The number of likely N-dealkylation sites (tertiary alicyclic amines) is 2. The molecule has 3 fully saturated rings. The highest BCUT2D eigenvalue weighted by atomic mass is 32.1. The molecular formula is C33H41F6N7O3S. The second-order valence-corrected chi connectivity index (χ2v) is 14.5. The molecule has 0 spiro atoms. The second kappa shape index (κ2) is 14.5. The van der Waals surface area contributed by atoms with Crippen molar-refractivity contribution in [1.82, 2.24) is 25.3 Å². The Hall–Kier alpha value is -3.73. The molecule has 50 heavy (non-hydrogen) atoms. The summed E-state index contributed by atoms with van der Waals surface area (Å²) in [5.74, 6) is 0.365. The Bertz CT molecular complexity index is 1530. The van der Waals surface area contributed by atoms with Gasteiger partial charge in [-0.15, -0.1) is 11.3 Å². The summed E-state index contributed by atoms with van der Waals surface area (Å²) in [4.78, 5) is 45.1. The maximum Gasteiger partial charge on any atom is 0.418 e. The third-order valence-corrected chi connectivity index (χ3v) is 11.4. The van der Waals surface area contributed by atoms with Gasteiger partial charge in [0.15, 0.2) is 0 Å². The number of urea groups is 2. The Morgan fingerprint density at radius 3 is 2.08 bits per heavy atom. The SMILES string of the molecule is Nc1c(C(F)(F)F)cc(C[C@@H](NC(=O)N2CCC(N3Cc4ccsc4NC3=O)CC2)C(=O)N2CCC(C3CCNCC3)CC2)cc1C(F)(F)F. The number of hydrogen-bond acceptors (Lipinski definition) is 6. The van der Waals surface area contributed by atoms with E-state index < -0.39 is 59.1 Å². The Morgan fingerprint density at radius 1 is 0.900 bits per heavy atom. The van der Waals surface area contributed by atoms with Crippen LogP contribution in [0.4, 0.5) is 46.6 Å². The van der Waals surface area contributed by atoms with Gasteiger partial charge >= 0.3 is 24.4 Å². The van der Waals surface area contributed by atoms with Crippen LogP contribution in [-0.2, 0) is 30.1 Å². The van der Waals surface area contributed by atoms with Crippen LogP contribution in [0.25, 0.3) is 0 Å². The van der Waals surface area contributed by atoms with Crippen molar-refractivity contribution in [2.45, 2.75) is 75.9 Å². The van der Waals surface area contributed by atoms with Gasteiger partial charge in [-0.25, -0.2) is 9.59 Å². The van der Waals surface area contributed by atoms with E-state index in [1.165, 1.54) is 16.2 Å². The van der Waals surface area contributed by atoms with Gasteiger partial charge in [0, 0.05) is 44.2 Å². The van der Waals surface area contributed by atoms with Crippen LogP contribution in [0.15, 0.2) is 23.6 Å². The van der Waals surface area contributed by atoms with Gasteiger partial charge in [0.2, 0.25) is 5.91 Å². The van der Waals surface area contributed by atoms with Crippen molar-refractivity contribution in [3.05, 3.63) is 45.8 Å². The Balaban J connectivity index is 1.18. The number of fused-ring (bicyclic) bond motifs is 1. The number of nitrogens with one attached hydrogen (secondary N) is 3. The summed E-state index contributed by atoms with van der Waals surface area (Å²) in [5, 5.41) is 11.6. The first-order valence-electron chi connectivity index (χ1n) is 16.9. The van der Waals surface area contributed by atoms with Crippen LogP contribution in [-0.4, -0.2) is 84.0 Å².